The van der Waals surface area contributed by atoms with Crippen LogP contribution in [0.4, 0.5) is 0 Å². The average Bonchev–Trinajstić information content (AvgIpc) is 3.05. The lowest BCUT2D eigenvalue weighted by atomic mass is 9.42. The van der Waals surface area contributed by atoms with Gasteiger partial charge in [-0.15, -0.1) is 0 Å². The summed E-state index contributed by atoms with van der Waals surface area (Å²) in [7, 11) is 0. The Morgan fingerprint density at radius 3 is 2.09 bits per heavy atom. The highest BCUT2D eigenvalue weighted by atomic mass is 16.6. The van der Waals surface area contributed by atoms with Crippen molar-refractivity contribution in [1.82, 2.24) is 0 Å². The SMILES string of the molecule is C/C=C/C=C/C(=O)[C@@H]1[C@@H]([C@@H]2OC(=O)C(C)=C2O)[C@H]2\C(=C(O)/C=C/C=C/C)C(=O)[C@]1(C)C(=O)[C@@]2(C)O. The van der Waals surface area contributed by atoms with Crippen LogP contribution >= 0.6 is 0 Å². The van der Waals surface area contributed by atoms with Gasteiger partial charge in [0.1, 0.15) is 22.5 Å². The predicted octanol–water partition coefficient (Wildman–Crippen LogP) is 3.16. The summed E-state index contributed by atoms with van der Waals surface area (Å²) in [6.45, 7) is 7.32. The van der Waals surface area contributed by atoms with Crippen molar-refractivity contribution in [2.45, 2.75) is 46.3 Å². The second kappa shape index (κ2) is 9.26. The maximum absolute atomic E-state index is 13.7. The average molecular weight is 483 g/mol. The Kier molecular flexibility index (Phi) is 6.90. The van der Waals surface area contributed by atoms with E-state index in [1.165, 1.54) is 45.1 Å². The summed E-state index contributed by atoms with van der Waals surface area (Å²) in [5.41, 5.74) is -4.60. The fraction of sp³-hybridized carbons (Fsp3) is 0.407. The first-order valence-electron chi connectivity index (χ1n) is 11.4. The highest BCUT2D eigenvalue weighted by Crippen LogP contribution is 2.61. The molecule has 2 bridgehead atoms. The molecule has 0 unspecified atom stereocenters. The number of allylic oxidation sites excluding steroid dienone is 8. The summed E-state index contributed by atoms with van der Waals surface area (Å²) < 4.78 is 5.40. The van der Waals surface area contributed by atoms with Gasteiger partial charge in [-0.05, 0) is 46.8 Å². The number of esters is 1. The molecule has 3 aliphatic carbocycles. The van der Waals surface area contributed by atoms with E-state index in [0.717, 1.165) is 0 Å². The van der Waals surface area contributed by atoms with Crippen molar-refractivity contribution >= 4 is 23.3 Å². The number of ketones is 3. The second-order valence-corrected chi connectivity index (χ2v) is 9.35. The molecular weight excluding hydrogens is 452 g/mol. The first kappa shape index (κ1) is 26.1. The van der Waals surface area contributed by atoms with Crippen molar-refractivity contribution in [3.63, 3.8) is 0 Å². The molecular formula is C27H30O8. The topological polar surface area (TPSA) is 138 Å². The summed E-state index contributed by atoms with van der Waals surface area (Å²) in [5.74, 6) is -8.00. The standard InChI is InChI=1S/C27H30O8/c1-6-8-10-12-15(28)17-20-18(22-21(30)14(3)24(32)35-22)19(16(29)13-11-9-7-2)26(4,23(17)31)25(33)27(20,5)34/h6-13,18-20,22,28,30,34H,1-5H3/b8-6+,9-7+,12-10+,13-11+,17-15-/t18-,19-,20-,22+,26-,27+/m1/s1. The van der Waals surface area contributed by atoms with Crippen LogP contribution < -0.4 is 0 Å². The van der Waals surface area contributed by atoms with E-state index in [-0.39, 0.29) is 11.1 Å². The molecule has 1 heterocycles. The largest absolute Gasteiger partial charge is 0.508 e. The quantitative estimate of drug-likeness (QED) is 0.173. The molecule has 8 nitrogen and oxygen atoms in total. The minimum atomic E-state index is -2.20. The van der Waals surface area contributed by atoms with Crippen LogP contribution in [0.5, 0.6) is 0 Å². The number of aliphatic hydroxyl groups is 3. The Bertz CT molecular complexity index is 1160. The van der Waals surface area contributed by atoms with Crippen LogP contribution in [-0.4, -0.2) is 50.3 Å². The Hall–Kier alpha value is -3.52. The summed E-state index contributed by atoms with van der Waals surface area (Å²) in [6.07, 6.45) is 10.6. The molecule has 0 spiro atoms. The maximum atomic E-state index is 13.7. The molecule has 3 saturated carbocycles. The molecule has 8 heteroatoms. The van der Waals surface area contributed by atoms with Gasteiger partial charge in [-0.25, -0.2) is 4.79 Å². The van der Waals surface area contributed by atoms with E-state index in [1.807, 2.05) is 0 Å². The highest BCUT2D eigenvalue weighted by molar-refractivity contribution is 6.24. The summed E-state index contributed by atoms with van der Waals surface area (Å²) in [6, 6.07) is 0. The summed E-state index contributed by atoms with van der Waals surface area (Å²) in [5, 5.41) is 33.0. The van der Waals surface area contributed by atoms with Crippen LogP contribution in [0.15, 0.2) is 71.3 Å². The normalized spacial score (nSPS) is 37.0. The van der Waals surface area contributed by atoms with Crippen molar-refractivity contribution in [2.24, 2.45) is 23.2 Å². The molecule has 0 radical (unpaired) electrons. The van der Waals surface area contributed by atoms with E-state index in [4.69, 9.17) is 4.74 Å². The van der Waals surface area contributed by atoms with Gasteiger partial charge in [0.05, 0.1) is 5.57 Å². The maximum Gasteiger partial charge on any atom is 0.338 e. The van der Waals surface area contributed by atoms with Gasteiger partial charge in [0.2, 0.25) is 0 Å². The van der Waals surface area contributed by atoms with Gasteiger partial charge in [0.15, 0.2) is 23.5 Å². The number of carbonyl (C=O) groups excluding carboxylic acids is 4. The Morgan fingerprint density at radius 2 is 1.57 bits per heavy atom. The van der Waals surface area contributed by atoms with Crippen molar-refractivity contribution in [1.29, 1.82) is 0 Å². The van der Waals surface area contributed by atoms with E-state index >= 15 is 0 Å². The lowest BCUT2D eigenvalue weighted by molar-refractivity contribution is -0.193. The number of hydrogen-bond donors (Lipinski definition) is 3. The van der Waals surface area contributed by atoms with Gasteiger partial charge >= 0.3 is 5.97 Å². The fourth-order valence-corrected chi connectivity index (χ4v) is 5.55. The number of Topliss-reactive ketones (excluding diaryl/α,β-unsaturated/α-hetero) is 2. The van der Waals surface area contributed by atoms with Gasteiger partial charge in [0.25, 0.3) is 0 Å². The van der Waals surface area contributed by atoms with Crippen molar-refractivity contribution in [3.8, 4) is 0 Å². The molecule has 3 fully saturated rings. The molecule has 4 rings (SSSR count). The van der Waals surface area contributed by atoms with E-state index in [9.17, 15) is 34.5 Å². The molecule has 35 heavy (non-hydrogen) atoms. The number of carbonyl (C=O) groups is 4. The van der Waals surface area contributed by atoms with Gasteiger partial charge in [-0.2, -0.15) is 0 Å². The third kappa shape index (κ3) is 3.82. The van der Waals surface area contributed by atoms with E-state index < -0.39 is 69.7 Å². The van der Waals surface area contributed by atoms with Crippen LogP contribution in [-0.2, 0) is 23.9 Å². The van der Waals surface area contributed by atoms with Crippen molar-refractivity contribution < 1.29 is 39.2 Å². The highest BCUT2D eigenvalue weighted by Gasteiger charge is 2.75. The third-order valence-corrected chi connectivity index (χ3v) is 7.20. The van der Waals surface area contributed by atoms with Crippen LogP contribution in [0.1, 0.15) is 34.6 Å². The first-order valence-corrected chi connectivity index (χ1v) is 11.4. The zero-order chi connectivity index (χ0) is 26.3. The molecule has 4 aliphatic rings. The Labute approximate surface area is 203 Å². The Balaban J connectivity index is 2.34. The first-order chi connectivity index (χ1) is 16.4. The number of cyclic esters (lactones) is 1. The van der Waals surface area contributed by atoms with Crippen molar-refractivity contribution in [3.05, 3.63) is 71.3 Å². The molecule has 0 aromatic rings. The van der Waals surface area contributed by atoms with Gasteiger partial charge in [0, 0.05) is 23.3 Å². The van der Waals surface area contributed by atoms with Gasteiger partial charge in [-0.1, -0.05) is 36.5 Å². The van der Waals surface area contributed by atoms with Crippen LogP contribution in [0.25, 0.3) is 0 Å². The number of aliphatic hydroxyl groups excluding tert-OH is 2. The molecule has 0 saturated heterocycles. The van der Waals surface area contributed by atoms with E-state index in [0.29, 0.717) is 0 Å². The third-order valence-electron chi connectivity index (χ3n) is 7.20. The summed E-state index contributed by atoms with van der Waals surface area (Å²) in [4.78, 5) is 52.9. The van der Waals surface area contributed by atoms with Crippen LogP contribution in [0.3, 0.4) is 0 Å². The minimum Gasteiger partial charge on any atom is -0.508 e. The zero-order valence-corrected chi connectivity index (χ0v) is 20.3. The smallest absolute Gasteiger partial charge is 0.338 e. The fourth-order valence-electron chi connectivity index (χ4n) is 5.55. The molecule has 3 N–H and O–H groups in total. The predicted molar refractivity (Wildman–Crippen MR) is 127 cm³/mol. The molecule has 186 valence electrons. The second-order valence-electron chi connectivity index (χ2n) is 9.35. The lowest BCUT2D eigenvalue weighted by Crippen LogP contribution is -2.73. The zero-order valence-electron chi connectivity index (χ0n) is 20.3. The van der Waals surface area contributed by atoms with Crippen LogP contribution in [0, 0.1) is 23.2 Å². The number of ether oxygens (including phenoxy) is 1. The summed E-state index contributed by atoms with van der Waals surface area (Å²) >= 11 is 0. The molecule has 0 aromatic heterocycles. The van der Waals surface area contributed by atoms with Gasteiger partial charge < -0.3 is 20.1 Å². The number of hydrogen-bond acceptors (Lipinski definition) is 8. The van der Waals surface area contributed by atoms with Crippen LogP contribution in [0.2, 0.25) is 0 Å². The molecule has 0 aromatic carbocycles. The molecule has 6 atom stereocenters. The Morgan fingerprint density at radius 1 is 1.00 bits per heavy atom. The van der Waals surface area contributed by atoms with Gasteiger partial charge in [-0.3, -0.25) is 14.4 Å². The molecule has 1 aliphatic heterocycles. The number of rotatable bonds is 6. The van der Waals surface area contributed by atoms with E-state index in [2.05, 4.69) is 0 Å². The van der Waals surface area contributed by atoms with Crippen molar-refractivity contribution in [2.75, 3.05) is 0 Å². The lowest BCUT2D eigenvalue weighted by Gasteiger charge is -2.58. The molecule has 0 amide bonds. The number of fused-ring (bicyclic) bond motifs is 3. The monoisotopic (exact) mass is 482 g/mol. The van der Waals surface area contributed by atoms with E-state index in [1.54, 1.807) is 38.2 Å². The minimum absolute atomic E-state index is 0.0720.